The largest absolute Gasteiger partial charge is 0.348 e. The normalized spacial score (nSPS) is 10.7. The number of hydrogen-bond donors (Lipinski definition) is 1. The summed E-state index contributed by atoms with van der Waals surface area (Å²) >= 11 is 0. The second kappa shape index (κ2) is 6.84. The van der Waals surface area contributed by atoms with E-state index in [0.717, 1.165) is 0 Å². The van der Waals surface area contributed by atoms with Crippen LogP contribution >= 0.6 is 0 Å². The van der Waals surface area contributed by atoms with Crippen molar-refractivity contribution in [1.29, 1.82) is 0 Å². The number of amides is 1. The Morgan fingerprint density at radius 1 is 1.08 bits per heavy atom. The lowest BCUT2D eigenvalue weighted by molar-refractivity contribution is 0.0949. The molecule has 0 saturated heterocycles. The Morgan fingerprint density at radius 2 is 1.80 bits per heavy atom. The molecule has 0 bridgehead atoms. The van der Waals surface area contributed by atoms with Gasteiger partial charge < -0.3 is 5.32 Å². The van der Waals surface area contributed by atoms with Gasteiger partial charge in [0.15, 0.2) is 0 Å². The van der Waals surface area contributed by atoms with Crippen LogP contribution in [0.1, 0.15) is 27.3 Å². The van der Waals surface area contributed by atoms with Crippen LogP contribution in [-0.4, -0.2) is 15.7 Å². The van der Waals surface area contributed by atoms with E-state index in [1.165, 1.54) is 24.3 Å². The molecule has 0 saturated carbocycles. The van der Waals surface area contributed by atoms with E-state index in [2.05, 4.69) is 10.4 Å². The number of nitrogens with one attached hydrogen (secondary N) is 1. The fraction of sp³-hybridized carbons (Fsp3) is 0.158. The van der Waals surface area contributed by atoms with Crippen molar-refractivity contribution in [1.82, 2.24) is 15.1 Å². The van der Waals surface area contributed by atoms with Gasteiger partial charge in [0.1, 0.15) is 11.6 Å². The number of rotatable bonds is 4. The van der Waals surface area contributed by atoms with E-state index < -0.39 is 0 Å². The molecule has 1 aromatic heterocycles. The highest BCUT2D eigenvalue weighted by Crippen LogP contribution is 2.18. The molecule has 6 heteroatoms. The van der Waals surface area contributed by atoms with Crippen LogP contribution in [0.2, 0.25) is 0 Å². The molecule has 0 aliphatic rings. The van der Waals surface area contributed by atoms with Crippen LogP contribution in [-0.2, 0) is 6.54 Å². The molecule has 1 amide bonds. The Kier molecular flexibility index (Phi) is 4.61. The standard InChI is InChI=1S/C19H17F2N3O/c1-12-18(19(25)22-11-14-4-3-5-16(21)10-14)13(2)24(23-12)17-8-6-15(20)7-9-17/h3-10H,11H2,1-2H3,(H,22,25). The minimum absolute atomic E-state index is 0.219. The Balaban J connectivity index is 1.82. The van der Waals surface area contributed by atoms with Crippen LogP contribution < -0.4 is 5.32 Å². The van der Waals surface area contributed by atoms with Crippen molar-refractivity contribution < 1.29 is 13.6 Å². The van der Waals surface area contributed by atoms with Gasteiger partial charge >= 0.3 is 0 Å². The topological polar surface area (TPSA) is 46.9 Å². The molecule has 0 radical (unpaired) electrons. The molecule has 0 spiro atoms. The average molecular weight is 341 g/mol. The van der Waals surface area contributed by atoms with Crippen LogP contribution in [0.15, 0.2) is 48.5 Å². The summed E-state index contributed by atoms with van der Waals surface area (Å²) in [6.07, 6.45) is 0. The molecule has 4 nitrogen and oxygen atoms in total. The van der Waals surface area contributed by atoms with Gasteiger partial charge in [-0.25, -0.2) is 13.5 Å². The Bertz CT molecular complexity index is 917. The third-order valence-corrected chi connectivity index (χ3v) is 3.93. The van der Waals surface area contributed by atoms with E-state index in [1.54, 1.807) is 42.8 Å². The van der Waals surface area contributed by atoms with Crippen molar-refractivity contribution in [3.05, 3.63) is 82.7 Å². The second-order valence-corrected chi connectivity index (χ2v) is 5.75. The summed E-state index contributed by atoms with van der Waals surface area (Å²) in [4.78, 5) is 12.5. The van der Waals surface area contributed by atoms with Crippen molar-refractivity contribution in [3.8, 4) is 5.69 Å². The molecular weight excluding hydrogens is 324 g/mol. The van der Waals surface area contributed by atoms with Gasteiger partial charge in [0, 0.05) is 6.54 Å². The van der Waals surface area contributed by atoms with Crippen molar-refractivity contribution in [2.45, 2.75) is 20.4 Å². The summed E-state index contributed by atoms with van der Waals surface area (Å²) in [7, 11) is 0. The van der Waals surface area contributed by atoms with E-state index in [0.29, 0.717) is 28.2 Å². The summed E-state index contributed by atoms with van der Waals surface area (Å²) in [6.45, 7) is 3.74. The van der Waals surface area contributed by atoms with Crippen molar-refractivity contribution >= 4 is 5.91 Å². The lowest BCUT2D eigenvalue weighted by atomic mass is 10.1. The lowest BCUT2D eigenvalue weighted by Crippen LogP contribution is -2.24. The molecule has 128 valence electrons. The van der Waals surface area contributed by atoms with Crippen LogP contribution in [0, 0.1) is 25.5 Å². The number of nitrogens with zero attached hydrogens (tertiary/aromatic N) is 2. The maximum atomic E-state index is 13.2. The van der Waals surface area contributed by atoms with Gasteiger partial charge in [-0.3, -0.25) is 4.79 Å². The fourth-order valence-corrected chi connectivity index (χ4v) is 2.72. The lowest BCUT2D eigenvalue weighted by Gasteiger charge is -2.07. The molecule has 3 aromatic rings. The summed E-state index contributed by atoms with van der Waals surface area (Å²) < 4.78 is 27.9. The van der Waals surface area contributed by atoms with Gasteiger partial charge in [0.25, 0.3) is 5.91 Å². The quantitative estimate of drug-likeness (QED) is 0.787. The number of carbonyl (C=O) groups excluding carboxylic acids is 1. The highest BCUT2D eigenvalue weighted by molar-refractivity contribution is 5.96. The number of hydrogen-bond acceptors (Lipinski definition) is 2. The molecule has 0 aliphatic heterocycles. The first-order valence-corrected chi connectivity index (χ1v) is 7.80. The Morgan fingerprint density at radius 3 is 2.48 bits per heavy atom. The van der Waals surface area contributed by atoms with Gasteiger partial charge in [-0.05, 0) is 55.8 Å². The van der Waals surface area contributed by atoms with Crippen LogP contribution in [0.5, 0.6) is 0 Å². The van der Waals surface area contributed by atoms with Crippen LogP contribution in [0.3, 0.4) is 0 Å². The molecule has 25 heavy (non-hydrogen) atoms. The number of halogens is 2. The third-order valence-electron chi connectivity index (χ3n) is 3.93. The van der Waals surface area contributed by atoms with Crippen LogP contribution in [0.4, 0.5) is 8.78 Å². The fourth-order valence-electron chi connectivity index (χ4n) is 2.72. The number of benzene rings is 2. The molecule has 1 N–H and O–H groups in total. The van der Waals surface area contributed by atoms with Gasteiger partial charge in [0.05, 0.1) is 22.6 Å². The Labute approximate surface area is 144 Å². The first-order valence-electron chi connectivity index (χ1n) is 7.80. The summed E-state index contributed by atoms with van der Waals surface area (Å²) in [5.74, 6) is -0.964. The van der Waals surface area contributed by atoms with Gasteiger partial charge in [-0.15, -0.1) is 0 Å². The maximum Gasteiger partial charge on any atom is 0.255 e. The second-order valence-electron chi connectivity index (χ2n) is 5.75. The molecule has 0 aliphatic carbocycles. The summed E-state index contributed by atoms with van der Waals surface area (Å²) in [5.41, 5.74) is 3.03. The monoisotopic (exact) mass is 341 g/mol. The number of carbonyl (C=O) groups is 1. The predicted octanol–water partition coefficient (Wildman–Crippen LogP) is 3.70. The van der Waals surface area contributed by atoms with E-state index >= 15 is 0 Å². The average Bonchev–Trinajstić information content (AvgIpc) is 2.88. The molecule has 0 unspecified atom stereocenters. The number of aryl methyl sites for hydroxylation is 1. The van der Waals surface area contributed by atoms with Crippen molar-refractivity contribution in [2.24, 2.45) is 0 Å². The third kappa shape index (κ3) is 3.57. The van der Waals surface area contributed by atoms with E-state index in [1.807, 2.05) is 0 Å². The zero-order valence-electron chi connectivity index (χ0n) is 13.9. The minimum Gasteiger partial charge on any atom is -0.348 e. The van der Waals surface area contributed by atoms with Crippen molar-refractivity contribution in [2.75, 3.05) is 0 Å². The minimum atomic E-state index is -0.344. The van der Waals surface area contributed by atoms with Gasteiger partial charge in [-0.2, -0.15) is 5.10 Å². The van der Waals surface area contributed by atoms with Gasteiger partial charge in [-0.1, -0.05) is 12.1 Å². The highest BCUT2D eigenvalue weighted by Gasteiger charge is 2.19. The van der Waals surface area contributed by atoms with Crippen LogP contribution in [0.25, 0.3) is 5.69 Å². The summed E-state index contributed by atoms with van der Waals surface area (Å²) in [6, 6.07) is 12.0. The first-order chi connectivity index (χ1) is 12.0. The summed E-state index contributed by atoms with van der Waals surface area (Å²) in [5, 5.41) is 7.15. The maximum absolute atomic E-state index is 13.2. The van der Waals surface area contributed by atoms with E-state index in [-0.39, 0.29) is 24.1 Å². The Hall–Kier alpha value is -3.02. The molecule has 1 heterocycles. The SMILES string of the molecule is Cc1nn(-c2ccc(F)cc2)c(C)c1C(=O)NCc1cccc(F)c1. The first kappa shape index (κ1) is 16.8. The van der Waals surface area contributed by atoms with Crippen molar-refractivity contribution in [3.63, 3.8) is 0 Å². The number of aromatic nitrogens is 2. The zero-order chi connectivity index (χ0) is 18.0. The molecular formula is C19H17F2N3O. The zero-order valence-corrected chi connectivity index (χ0v) is 13.9. The molecule has 0 atom stereocenters. The smallest absolute Gasteiger partial charge is 0.255 e. The van der Waals surface area contributed by atoms with E-state index in [4.69, 9.17) is 0 Å². The molecule has 2 aromatic carbocycles. The molecule has 0 fully saturated rings. The predicted molar refractivity (Wildman–Crippen MR) is 90.6 cm³/mol. The van der Waals surface area contributed by atoms with E-state index in [9.17, 15) is 13.6 Å². The highest BCUT2D eigenvalue weighted by atomic mass is 19.1. The molecule has 3 rings (SSSR count). The van der Waals surface area contributed by atoms with Gasteiger partial charge in [0.2, 0.25) is 0 Å².